The van der Waals surface area contributed by atoms with Gasteiger partial charge in [0, 0.05) is 37.3 Å². The van der Waals surface area contributed by atoms with Crippen LogP contribution < -0.4 is 0 Å². The van der Waals surface area contributed by atoms with Gasteiger partial charge in [-0.25, -0.2) is 0 Å². The predicted molar refractivity (Wildman–Crippen MR) is 79.0 cm³/mol. The number of hydrogen-bond donors (Lipinski definition) is 0. The van der Waals surface area contributed by atoms with Gasteiger partial charge in [0.25, 0.3) is 0 Å². The van der Waals surface area contributed by atoms with Crippen LogP contribution in [-0.2, 0) is 0 Å². The minimum absolute atomic E-state index is 0. The van der Waals surface area contributed by atoms with E-state index in [0.29, 0.717) is 0 Å². The van der Waals surface area contributed by atoms with E-state index in [9.17, 15) is 0 Å². The maximum atomic E-state index is 2.20. The Morgan fingerprint density at radius 1 is 0.368 bits per heavy atom. The fourth-order valence-corrected chi connectivity index (χ4v) is 1.92. The first kappa shape index (κ1) is 20.2. The van der Waals surface area contributed by atoms with Crippen molar-refractivity contribution >= 4 is 0 Å². The average molecular weight is 407 g/mol. The molecule has 0 saturated heterocycles. The molecular formula is C18H23Er. The zero-order valence-corrected chi connectivity index (χ0v) is 14.3. The number of rotatable bonds is 0. The molecule has 1 heteroatoms. The third-order valence-electron chi connectivity index (χ3n) is 3.70. The van der Waals surface area contributed by atoms with Crippen LogP contribution in [0.3, 0.4) is 0 Å². The van der Waals surface area contributed by atoms with Crippen LogP contribution >= 0.6 is 0 Å². The summed E-state index contributed by atoms with van der Waals surface area (Å²) in [7, 11) is 0. The summed E-state index contributed by atoms with van der Waals surface area (Å²) in [5.41, 5.74) is 0. The van der Waals surface area contributed by atoms with E-state index >= 15 is 0 Å². The monoisotopic (exact) mass is 405 g/mol. The van der Waals surface area contributed by atoms with Gasteiger partial charge in [-0.2, -0.15) is 0 Å². The fraction of sp³-hybridized carbons (Fsp3) is 0.278. The van der Waals surface area contributed by atoms with Crippen LogP contribution in [0.25, 0.3) is 0 Å². The molecule has 2 rings (SSSR count). The van der Waals surface area contributed by atoms with Crippen molar-refractivity contribution in [1.29, 1.82) is 0 Å². The molecule has 0 heterocycles. The molecule has 0 atom stereocenters. The molecule has 13 radical (unpaired) electrons. The molecule has 19 heavy (non-hydrogen) atoms. The van der Waals surface area contributed by atoms with E-state index in [1.165, 1.54) is 29.6 Å². The second kappa shape index (κ2) is 10.9. The summed E-state index contributed by atoms with van der Waals surface area (Å²) < 4.78 is 0. The first-order valence-electron chi connectivity index (χ1n) is 6.42. The van der Waals surface area contributed by atoms with E-state index in [1.807, 2.05) is 51.4 Å². The van der Waals surface area contributed by atoms with Crippen LogP contribution in [0.5, 0.6) is 0 Å². The van der Waals surface area contributed by atoms with Gasteiger partial charge in [0.05, 0.1) is 0 Å². The van der Waals surface area contributed by atoms with Gasteiger partial charge in [-0.05, 0) is 81.0 Å². The maximum absolute atomic E-state index is 2.20. The minimum Gasteiger partial charge on any atom is -0.0579 e. The Labute approximate surface area is 152 Å². The molecule has 0 spiro atoms. The molecule has 0 amide bonds. The van der Waals surface area contributed by atoms with E-state index < -0.39 is 0 Å². The first-order valence-corrected chi connectivity index (χ1v) is 6.42. The second-order valence-corrected chi connectivity index (χ2v) is 4.66. The Bertz CT molecular complexity index is 145. The van der Waals surface area contributed by atoms with Crippen molar-refractivity contribution in [3.63, 3.8) is 0 Å². The van der Waals surface area contributed by atoms with Crippen molar-refractivity contribution in [3.05, 3.63) is 81.0 Å². The quantitative estimate of drug-likeness (QED) is 0.551. The van der Waals surface area contributed by atoms with Gasteiger partial charge in [0.2, 0.25) is 0 Å². The molecular weight excluding hydrogens is 383 g/mol. The van der Waals surface area contributed by atoms with Gasteiger partial charge in [-0.15, -0.1) is 0 Å². The fourth-order valence-electron chi connectivity index (χ4n) is 1.92. The van der Waals surface area contributed by atoms with E-state index in [4.69, 9.17) is 0 Å². The third kappa shape index (κ3) is 6.69. The molecule has 0 aromatic heterocycles. The van der Waals surface area contributed by atoms with Crippen LogP contribution in [0.1, 0.15) is 34.6 Å². The van der Waals surface area contributed by atoms with Gasteiger partial charge in [0.15, 0.2) is 0 Å². The molecule has 0 bridgehead atoms. The molecule has 0 aliphatic heterocycles. The zero-order chi connectivity index (χ0) is 13.5. The van der Waals surface area contributed by atoms with Crippen LogP contribution in [-0.4, -0.2) is 0 Å². The van der Waals surface area contributed by atoms with Crippen LogP contribution in [0.4, 0.5) is 0 Å². The standard InChI is InChI=1S/C10H15.C8H8.Er/c1-6-7(2)9(4)10(5)8(6)3;1-2-4-6-8-7-5-3-1;/h1-5H3;1-8H;. The van der Waals surface area contributed by atoms with E-state index in [-0.39, 0.29) is 37.3 Å². The van der Waals surface area contributed by atoms with Gasteiger partial charge in [0.1, 0.15) is 0 Å². The summed E-state index contributed by atoms with van der Waals surface area (Å²) in [6.45, 7) is 11.0. The van der Waals surface area contributed by atoms with Crippen molar-refractivity contribution in [2.75, 3.05) is 0 Å². The average Bonchev–Trinajstić information content (AvgIpc) is 2.48. The first-order chi connectivity index (χ1) is 8.55. The molecule has 0 N–H and O–H groups in total. The minimum atomic E-state index is 0. The zero-order valence-electron chi connectivity index (χ0n) is 12.4. The molecule has 2 fully saturated rings. The molecule has 0 aromatic rings. The normalized spacial score (nSPS) is 25.1. The molecule has 2 saturated carbocycles. The van der Waals surface area contributed by atoms with Crippen LogP contribution in [0.15, 0.2) is 0 Å². The molecule has 2 aliphatic rings. The molecule has 107 valence electrons. The van der Waals surface area contributed by atoms with Crippen molar-refractivity contribution in [1.82, 2.24) is 0 Å². The van der Waals surface area contributed by atoms with Crippen molar-refractivity contribution in [2.24, 2.45) is 0 Å². The Morgan fingerprint density at radius 3 is 0.579 bits per heavy atom. The predicted octanol–water partition coefficient (Wildman–Crippen LogP) is 4.61. The Kier molecular flexibility index (Phi) is 11.6. The van der Waals surface area contributed by atoms with Crippen molar-refractivity contribution < 1.29 is 37.3 Å². The van der Waals surface area contributed by atoms with Crippen molar-refractivity contribution in [2.45, 2.75) is 34.6 Å². The summed E-state index contributed by atoms with van der Waals surface area (Å²) in [6.07, 6.45) is 16.0. The van der Waals surface area contributed by atoms with E-state index in [2.05, 4.69) is 34.6 Å². The van der Waals surface area contributed by atoms with Crippen LogP contribution in [0, 0.1) is 118 Å². The summed E-state index contributed by atoms with van der Waals surface area (Å²) in [5.74, 6) is 7.34. The summed E-state index contributed by atoms with van der Waals surface area (Å²) >= 11 is 0. The van der Waals surface area contributed by atoms with Gasteiger partial charge in [-0.3, -0.25) is 0 Å². The van der Waals surface area contributed by atoms with Gasteiger partial charge >= 0.3 is 0 Å². The van der Waals surface area contributed by atoms with Gasteiger partial charge in [-0.1, -0.05) is 34.6 Å². The summed E-state index contributed by atoms with van der Waals surface area (Å²) in [5, 5.41) is 0. The van der Waals surface area contributed by atoms with Crippen LogP contribution in [0.2, 0.25) is 0 Å². The van der Waals surface area contributed by atoms with E-state index in [0.717, 1.165) is 0 Å². The SMILES string of the molecule is C[C]1[C](C)[C](C)[C](C)[C]1C.[CH]1[CH][CH][CH][CH][CH][CH][CH]1.[Er]. The molecule has 2 aliphatic carbocycles. The Morgan fingerprint density at radius 2 is 0.474 bits per heavy atom. The Hall–Kier alpha value is 1.25. The number of hydrogen-bond acceptors (Lipinski definition) is 0. The Balaban J connectivity index is 0.000000331. The summed E-state index contributed by atoms with van der Waals surface area (Å²) in [6, 6.07) is 0. The molecule has 0 unspecified atom stereocenters. The second-order valence-electron chi connectivity index (χ2n) is 4.66. The van der Waals surface area contributed by atoms with Crippen molar-refractivity contribution in [3.8, 4) is 0 Å². The maximum Gasteiger partial charge on any atom is 0 e. The van der Waals surface area contributed by atoms with Gasteiger partial charge < -0.3 is 0 Å². The topological polar surface area (TPSA) is 0 Å². The summed E-state index contributed by atoms with van der Waals surface area (Å²) in [4.78, 5) is 0. The third-order valence-corrected chi connectivity index (χ3v) is 3.70. The molecule has 0 aromatic carbocycles. The molecule has 0 nitrogen and oxygen atoms in total. The largest absolute Gasteiger partial charge is 0.0579 e. The smallest absolute Gasteiger partial charge is 0 e. The van der Waals surface area contributed by atoms with E-state index in [1.54, 1.807) is 0 Å².